The zero-order valence-electron chi connectivity index (χ0n) is 11.4. The van der Waals surface area contributed by atoms with Gasteiger partial charge < -0.3 is 15.4 Å². The van der Waals surface area contributed by atoms with Crippen LogP contribution in [0.1, 0.15) is 51.9 Å². The molecule has 2 N–H and O–H groups in total. The number of piperidine rings is 1. The molecule has 0 radical (unpaired) electrons. The first-order valence-electron chi connectivity index (χ1n) is 7.33. The van der Waals surface area contributed by atoms with E-state index in [1.54, 1.807) is 0 Å². The van der Waals surface area contributed by atoms with E-state index in [4.69, 9.17) is 10.5 Å². The smallest absolute Gasteiger partial charge is 0.248 e. The van der Waals surface area contributed by atoms with Crippen molar-refractivity contribution < 1.29 is 9.53 Å². The molecule has 0 bridgehead atoms. The van der Waals surface area contributed by atoms with E-state index in [1.165, 1.54) is 19.3 Å². The van der Waals surface area contributed by atoms with E-state index in [-0.39, 0.29) is 24.6 Å². The highest BCUT2D eigenvalue weighted by molar-refractivity contribution is 5.77. The summed E-state index contributed by atoms with van der Waals surface area (Å²) in [7, 11) is 0. The maximum atomic E-state index is 12.1. The summed E-state index contributed by atoms with van der Waals surface area (Å²) < 4.78 is 5.75. The second-order valence-corrected chi connectivity index (χ2v) is 5.79. The lowest BCUT2D eigenvalue weighted by Gasteiger charge is -2.36. The van der Waals surface area contributed by atoms with Gasteiger partial charge in [-0.2, -0.15) is 0 Å². The average Bonchev–Trinajstić information content (AvgIpc) is 2.37. The molecule has 0 aromatic carbocycles. The van der Waals surface area contributed by atoms with Crippen molar-refractivity contribution in [1.82, 2.24) is 4.90 Å². The van der Waals surface area contributed by atoms with Crippen molar-refractivity contribution in [3.63, 3.8) is 0 Å². The summed E-state index contributed by atoms with van der Waals surface area (Å²) in [6, 6.07) is 0.513. The molecular weight excluding hydrogens is 228 g/mol. The highest BCUT2D eigenvalue weighted by Gasteiger charge is 2.27. The molecule has 2 atom stereocenters. The minimum atomic E-state index is 0.139. The molecule has 2 fully saturated rings. The Morgan fingerprint density at radius 2 is 2.00 bits per heavy atom. The van der Waals surface area contributed by atoms with Gasteiger partial charge in [-0.1, -0.05) is 19.3 Å². The molecule has 1 aliphatic carbocycles. The number of nitrogens with zero attached hydrogens (tertiary/aromatic N) is 1. The van der Waals surface area contributed by atoms with Gasteiger partial charge in [-0.3, -0.25) is 4.79 Å². The molecule has 1 saturated heterocycles. The Labute approximate surface area is 110 Å². The fourth-order valence-electron chi connectivity index (χ4n) is 3.08. The van der Waals surface area contributed by atoms with E-state index >= 15 is 0 Å². The van der Waals surface area contributed by atoms with E-state index in [0.717, 1.165) is 32.2 Å². The molecule has 0 aromatic heterocycles. The van der Waals surface area contributed by atoms with Crippen LogP contribution >= 0.6 is 0 Å². The molecule has 1 amide bonds. The summed E-state index contributed by atoms with van der Waals surface area (Å²) in [4.78, 5) is 14.1. The normalized spacial score (nSPS) is 30.4. The zero-order chi connectivity index (χ0) is 13.0. The number of nitrogens with two attached hydrogens (primary N) is 1. The number of hydrogen-bond donors (Lipinski definition) is 1. The summed E-state index contributed by atoms with van der Waals surface area (Å²) >= 11 is 0. The minimum Gasteiger partial charge on any atom is -0.368 e. The summed E-state index contributed by atoms with van der Waals surface area (Å²) in [5, 5.41) is 0. The molecule has 1 saturated carbocycles. The van der Waals surface area contributed by atoms with E-state index in [0.29, 0.717) is 6.10 Å². The minimum absolute atomic E-state index is 0.139. The predicted octanol–water partition coefficient (Wildman–Crippen LogP) is 1.67. The van der Waals surface area contributed by atoms with Crippen molar-refractivity contribution in [2.45, 2.75) is 70.1 Å². The monoisotopic (exact) mass is 254 g/mol. The maximum absolute atomic E-state index is 12.1. The Balaban J connectivity index is 1.73. The van der Waals surface area contributed by atoms with Crippen molar-refractivity contribution in [1.29, 1.82) is 0 Å². The average molecular weight is 254 g/mol. The van der Waals surface area contributed by atoms with Gasteiger partial charge in [0.05, 0.1) is 6.10 Å². The number of hydrogen-bond acceptors (Lipinski definition) is 3. The molecule has 1 aliphatic heterocycles. The van der Waals surface area contributed by atoms with Gasteiger partial charge in [0.2, 0.25) is 5.91 Å². The van der Waals surface area contributed by atoms with Crippen LogP contribution in [0, 0.1) is 0 Å². The Morgan fingerprint density at radius 3 is 2.67 bits per heavy atom. The van der Waals surface area contributed by atoms with Crippen LogP contribution < -0.4 is 5.73 Å². The van der Waals surface area contributed by atoms with Crippen LogP contribution in [0.15, 0.2) is 0 Å². The molecule has 2 aliphatic rings. The number of likely N-dealkylation sites (tertiary alicyclic amines) is 1. The van der Waals surface area contributed by atoms with Crippen LogP contribution in [0.5, 0.6) is 0 Å². The molecule has 4 heteroatoms. The second kappa shape index (κ2) is 6.53. The van der Waals surface area contributed by atoms with Crippen molar-refractivity contribution in [3.05, 3.63) is 0 Å². The highest BCUT2D eigenvalue weighted by atomic mass is 16.5. The maximum Gasteiger partial charge on any atom is 0.248 e. The van der Waals surface area contributed by atoms with Crippen molar-refractivity contribution in [2.24, 2.45) is 5.73 Å². The van der Waals surface area contributed by atoms with E-state index in [1.807, 2.05) is 4.90 Å². The first-order chi connectivity index (χ1) is 8.66. The SMILES string of the molecule is C[C@H]1C[C@@H](N)CCN1C(=O)COC1CCCCC1. The number of rotatable bonds is 3. The van der Waals surface area contributed by atoms with Crippen LogP contribution in [-0.2, 0) is 9.53 Å². The van der Waals surface area contributed by atoms with Crippen LogP contribution in [0.25, 0.3) is 0 Å². The van der Waals surface area contributed by atoms with E-state index in [2.05, 4.69) is 6.92 Å². The molecule has 104 valence electrons. The number of ether oxygens (including phenoxy) is 1. The lowest BCUT2D eigenvalue weighted by Crippen LogP contribution is -2.49. The molecule has 0 aromatic rings. The summed E-state index contributed by atoms with van der Waals surface area (Å²) in [6.45, 7) is 3.12. The Kier molecular flexibility index (Phi) is 5.01. The molecule has 1 heterocycles. The van der Waals surface area contributed by atoms with Crippen LogP contribution in [0.3, 0.4) is 0 Å². The largest absolute Gasteiger partial charge is 0.368 e. The number of carbonyl (C=O) groups is 1. The van der Waals surface area contributed by atoms with Gasteiger partial charge in [-0.05, 0) is 32.6 Å². The molecule has 0 spiro atoms. The van der Waals surface area contributed by atoms with Crippen molar-refractivity contribution in [3.8, 4) is 0 Å². The summed E-state index contributed by atoms with van der Waals surface area (Å²) in [6.07, 6.45) is 8.18. The predicted molar refractivity (Wildman–Crippen MR) is 71.2 cm³/mol. The first-order valence-corrected chi connectivity index (χ1v) is 7.33. The lowest BCUT2D eigenvalue weighted by molar-refractivity contribution is -0.142. The fourth-order valence-corrected chi connectivity index (χ4v) is 3.08. The third-order valence-corrected chi connectivity index (χ3v) is 4.23. The Morgan fingerprint density at radius 1 is 1.28 bits per heavy atom. The van der Waals surface area contributed by atoms with Gasteiger partial charge in [-0.15, -0.1) is 0 Å². The van der Waals surface area contributed by atoms with Gasteiger partial charge in [0, 0.05) is 18.6 Å². The lowest BCUT2D eigenvalue weighted by atomic mass is 9.98. The molecule has 0 unspecified atom stereocenters. The zero-order valence-corrected chi connectivity index (χ0v) is 11.4. The van der Waals surface area contributed by atoms with Crippen LogP contribution in [0.2, 0.25) is 0 Å². The summed E-state index contributed by atoms with van der Waals surface area (Å²) in [5.41, 5.74) is 5.91. The van der Waals surface area contributed by atoms with Gasteiger partial charge in [0.25, 0.3) is 0 Å². The highest BCUT2D eigenvalue weighted by Crippen LogP contribution is 2.21. The summed E-state index contributed by atoms with van der Waals surface area (Å²) in [5.74, 6) is 0.139. The molecule has 18 heavy (non-hydrogen) atoms. The topological polar surface area (TPSA) is 55.6 Å². The standard InChI is InChI=1S/C14H26N2O2/c1-11-9-12(15)7-8-16(11)14(17)10-18-13-5-3-2-4-6-13/h11-13H,2-10,15H2,1H3/t11-,12-/m0/s1. The van der Waals surface area contributed by atoms with Gasteiger partial charge in [0.15, 0.2) is 0 Å². The van der Waals surface area contributed by atoms with Crippen molar-refractivity contribution >= 4 is 5.91 Å². The van der Waals surface area contributed by atoms with E-state index < -0.39 is 0 Å². The third kappa shape index (κ3) is 3.69. The number of carbonyl (C=O) groups excluding carboxylic acids is 1. The van der Waals surface area contributed by atoms with Crippen LogP contribution in [-0.4, -0.2) is 42.1 Å². The molecule has 4 nitrogen and oxygen atoms in total. The van der Waals surface area contributed by atoms with E-state index in [9.17, 15) is 4.79 Å². The van der Waals surface area contributed by atoms with Crippen LogP contribution in [0.4, 0.5) is 0 Å². The molecular formula is C14H26N2O2. The Hall–Kier alpha value is -0.610. The van der Waals surface area contributed by atoms with Crippen molar-refractivity contribution in [2.75, 3.05) is 13.2 Å². The molecule has 2 rings (SSSR count). The fraction of sp³-hybridized carbons (Fsp3) is 0.929. The van der Waals surface area contributed by atoms with Gasteiger partial charge >= 0.3 is 0 Å². The Bertz CT molecular complexity index is 277. The third-order valence-electron chi connectivity index (χ3n) is 4.23. The first kappa shape index (κ1) is 13.8. The van der Waals surface area contributed by atoms with Gasteiger partial charge in [0.1, 0.15) is 6.61 Å². The second-order valence-electron chi connectivity index (χ2n) is 5.79. The quantitative estimate of drug-likeness (QED) is 0.833. The number of amides is 1. The van der Waals surface area contributed by atoms with Gasteiger partial charge in [-0.25, -0.2) is 0 Å².